The van der Waals surface area contributed by atoms with E-state index in [1.807, 2.05) is 6.07 Å². The Kier molecular flexibility index (Phi) is 20.5. The minimum Gasteiger partial charge on any atom is -0.465 e. The Morgan fingerprint density at radius 1 is 0.592 bits per heavy atom. The summed E-state index contributed by atoms with van der Waals surface area (Å²) in [6.07, 6.45) is 5.37. The van der Waals surface area contributed by atoms with Gasteiger partial charge in [-0.2, -0.15) is 5.26 Å². The summed E-state index contributed by atoms with van der Waals surface area (Å²) in [5.74, 6) is -5.69. The number of thiazole rings is 1. The highest BCUT2D eigenvalue weighted by Gasteiger charge is 2.32. The summed E-state index contributed by atoms with van der Waals surface area (Å²) in [4.78, 5) is 91.1. The third-order valence-electron chi connectivity index (χ3n) is 10.7. The molecular formula is C53H46N4O18S. The molecule has 76 heavy (non-hydrogen) atoms. The molecule has 0 atom stereocenters. The van der Waals surface area contributed by atoms with Crippen molar-refractivity contribution >= 4 is 74.2 Å². The van der Waals surface area contributed by atoms with Gasteiger partial charge in [-0.25, -0.2) is 29.0 Å². The number of nitrogens with zero attached hydrogens (tertiary/aromatic N) is 4. The SMILES string of the molecule is C=CC(=O)OCOc1ccc(OC(=O)C2CCC(C(=O)OCCc3ccc(OC(=O)c4ccc(OCOC(=O)C=C)c(OCOC(=O)C=C)c4)c4nc(N=Nc5ccc(C#N)cc5)sc34)CC2)cc1OCOC(=O)C=C. The van der Waals surface area contributed by atoms with Gasteiger partial charge in [-0.05, 0) is 91.9 Å². The smallest absolute Gasteiger partial charge is 0.343 e. The number of hydrogen-bond acceptors (Lipinski definition) is 23. The van der Waals surface area contributed by atoms with Crippen LogP contribution < -0.4 is 28.4 Å². The molecule has 392 valence electrons. The highest BCUT2D eigenvalue weighted by Crippen LogP contribution is 2.39. The summed E-state index contributed by atoms with van der Waals surface area (Å²) >= 11 is 1.14. The lowest BCUT2D eigenvalue weighted by Crippen LogP contribution is -2.29. The zero-order chi connectivity index (χ0) is 54.4. The van der Waals surface area contributed by atoms with Gasteiger partial charge in [0.1, 0.15) is 11.3 Å². The second kappa shape index (κ2) is 27.9. The first-order valence-corrected chi connectivity index (χ1v) is 23.5. The normalized spacial score (nSPS) is 13.6. The van der Waals surface area contributed by atoms with E-state index in [9.17, 15) is 38.8 Å². The first kappa shape index (κ1) is 55.6. The van der Waals surface area contributed by atoms with E-state index in [1.54, 1.807) is 30.3 Å². The number of carbonyl (C=O) groups is 7. The van der Waals surface area contributed by atoms with E-state index in [1.165, 1.54) is 42.5 Å². The summed E-state index contributed by atoms with van der Waals surface area (Å²) in [7, 11) is 0. The number of ether oxygens (including phenoxy) is 11. The van der Waals surface area contributed by atoms with Crippen LogP contribution in [-0.2, 0) is 58.9 Å². The zero-order valence-electron chi connectivity index (χ0n) is 40.3. The lowest BCUT2D eigenvalue weighted by atomic mass is 9.82. The molecule has 22 nitrogen and oxygen atoms in total. The van der Waals surface area contributed by atoms with Crippen LogP contribution in [0.15, 0.2) is 134 Å². The van der Waals surface area contributed by atoms with Crippen molar-refractivity contribution in [3.05, 3.63) is 140 Å². The maximum absolute atomic E-state index is 13.7. The fourth-order valence-electron chi connectivity index (χ4n) is 6.84. The van der Waals surface area contributed by atoms with Gasteiger partial charge in [-0.1, -0.05) is 43.7 Å². The number of azo groups is 1. The third-order valence-corrected chi connectivity index (χ3v) is 11.7. The van der Waals surface area contributed by atoms with Crippen molar-refractivity contribution < 1.29 is 85.7 Å². The van der Waals surface area contributed by atoms with E-state index in [-0.39, 0.29) is 63.7 Å². The maximum Gasteiger partial charge on any atom is 0.343 e. The van der Waals surface area contributed by atoms with Crippen LogP contribution in [0.25, 0.3) is 10.2 Å². The molecule has 6 rings (SSSR count). The minimum absolute atomic E-state index is 0.0106. The van der Waals surface area contributed by atoms with Gasteiger partial charge >= 0.3 is 41.8 Å². The average molecular weight is 1060 g/mol. The molecular weight excluding hydrogens is 1010 g/mol. The molecule has 0 bridgehead atoms. The monoisotopic (exact) mass is 1060 g/mol. The zero-order valence-corrected chi connectivity index (χ0v) is 41.2. The van der Waals surface area contributed by atoms with Crippen molar-refractivity contribution in [3.63, 3.8) is 0 Å². The number of hydrogen-bond donors (Lipinski definition) is 0. The molecule has 4 aromatic carbocycles. The van der Waals surface area contributed by atoms with Crippen LogP contribution in [0.2, 0.25) is 0 Å². The molecule has 1 aliphatic rings. The number of benzene rings is 4. The Morgan fingerprint density at radius 3 is 1.66 bits per heavy atom. The standard InChI is InChI=1S/C53H46N4O18S/c1-5-44(58)70-28-66-39-20-16-36(25-42(39)68-30-72-46(60)7-3)52(64)75-41-21-15-33(49-48(41)55-53(76-49)57-56-37-17-9-32(27-54)10-18-37)23-24-65-50(62)34-11-13-35(14-12-34)51(63)74-38-19-22-40(67-29-71-45(59)6-2)43(26-38)69-31-73-47(61)8-4/h5-10,15-22,25-26,34-35H,1-4,11-14,23-24,28-31H2. The Morgan fingerprint density at radius 2 is 1.11 bits per heavy atom. The highest BCUT2D eigenvalue weighted by molar-refractivity contribution is 7.22. The average Bonchev–Trinajstić information content (AvgIpc) is 3.89. The summed E-state index contributed by atoms with van der Waals surface area (Å²) in [6.45, 7) is 11.1. The van der Waals surface area contributed by atoms with Gasteiger partial charge in [0.2, 0.25) is 32.3 Å². The van der Waals surface area contributed by atoms with E-state index in [2.05, 4.69) is 41.5 Å². The second-order valence-electron chi connectivity index (χ2n) is 15.5. The third kappa shape index (κ3) is 16.2. The summed E-state index contributed by atoms with van der Waals surface area (Å²) in [5.41, 5.74) is 1.77. The summed E-state index contributed by atoms with van der Waals surface area (Å²) < 4.78 is 59.3. The fourth-order valence-corrected chi connectivity index (χ4v) is 7.79. The molecule has 1 aromatic heterocycles. The molecule has 0 amide bonds. The Hall–Kier alpha value is -9.69. The molecule has 0 radical (unpaired) electrons. The van der Waals surface area contributed by atoms with Gasteiger partial charge in [-0.15, -0.1) is 10.2 Å². The van der Waals surface area contributed by atoms with Crippen LogP contribution >= 0.6 is 11.3 Å². The molecule has 0 unspecified atom stereocenters. The van der Waals surface area contributed by atoms with Crippen LogP contribution in [0.1, 0.15) is 47.2 Å². The summed E-state index contributed by atoms with van der Waals surface area (Å²) in [5, 5.41) is 17.9. The van der Waals surface area contributed by atoms with E-state index >= 15 is 0 Å². The van der Waals surface area contributed by atoms with Gasteiger partial charge in [-0.3, -0.25) is 9.59 Å². The van der Waals surface area contributed by atoms with Crippen molar-refractivity contribution in [2.45, 2.75) is 32.1 Å². The largest absolute Gasteiger partial charge is 0.465 e. The van der Waals surface area contributed by atoms with E-state index in [0.29, 0.717) is 47.2 Å². The first-order chi connectivity index (χ1) is 36.8. The molecule has 0 saturated heterocycles. The number of carbonyl (C=O) groups excluding carboxylic acids is 7. The van der Waals surface area contributed by atoms with Crippen molar-refractivity contribution in [2.75, 3.05) is 33.8 Å². The number of nitriles is 1. The molecule has 5 aromatic rings. The Bertz CT molecular complexity index is 3080. The molecule has 1 heterocycles. The molecule has 0 spiro atoms. The van der Waals surface area contributed by atoms with Crippen LogP contribution in [-0.4, -0.2) is 80.5 Å². The van der Waals surface area contributed by atoms with E-state index in [0.717, 1.165) is 35.6 Å². The molecule has 1 saturated carbocycles. The van der Waals surface area contributed by atoms with Crippen LogP contribution in [0.5, 0.6) is 34.5 Å². The molecule has 1 fully saturated rings. The van der Waals surface area contributed by atoms with Crippen LogP contribution in [0.4, 0.5) is 10.8 Å². The summed E-state index contributed by atoms with van der Waals surface area (Å²) in [6, 6.07) is 19.8. The topological polar surface area (TPSA) is 282 Å². The first-order valence-electron chi connectivity index (χ1n) is 22.7. The number of rotatable bonds is 26. The van der Waals surface area contributed by atoms with Crippen molar-refractivity contribution in [1.82, 2.24) is 4.98 Å². The number of esters is 7. The Labute approximate surface area is 437 Å². The van der Waals surface area contributed by atoms with E-state index in [4.69, 9.17) is 52.1 Å². The van der Waals surface area contributed by atoms with Gasteiger partial charge in [0.25, 0.3) is 0 Å². The minimum atomic E-state index is -0.854. The second-order valence-corrected chi connectivity index (χ2v) is 16.5. The van der Waals surface area contributed by atoms with Crippen LogP contribution in [0.3, 0.4) is 0 Å². The maximum atomic E-state index is 13.7. The molecule has 0 aliphatic heterocycles. The van der Waals surface area contributed by atoms with Gasteiger partial charge in [0.15, 0.2) is 28.7 Å². The van der Waals surface area contributed by atoms with Gasteiger partial charge in [0, 0.05) is 36.8 Å². The quantitative estimate of drug-likeness (QED) is 0.0125. The van der Waals surface area contributed by atoms with Crippen LogP contribution in [0, 0.1) is 23.2 Å². The lowest BCUT2D eigenvalue weighted by molar-refractivity contribution is -0.152. The predicted octanol–water partition coefficient (Wildman–Crippen LogP) is 8.56. The fraction of sp³-hybridized carbons (Fsp3) is 0.226. The van der Waals surface area contributed by atoms with Gasteiger partial charge in [0.05, 0.1) is 46.0 Å². The van der Waals surface area contributed by atoms with Crippen molar-refractivity contribution in [2.24, 2.45) is 22.1 Å². The van der Waals surface area contributed by atoms with Crippen molar-refractivity contribution in [1.29, 1.82) is 5.26 Å². The van der Waals surface area contributed by atoms with Gasteiger partial charge < -0.3 is 52.1 Å². The number of fused-ring (bicyclic) bond motifs is 1. The molecule has 0 N–H and O–H groups in total. The highest BCUT2D eigenvalue weighted by atomic mass is 32.1. The predicted molar refractivity (Wildman–Crippen MR) is 266 cm³/mol. The molecule has 23 heteroatoms. The molecule has 1 aliphatic carbocycles. The lowest BCUT2D eigenvalue weighted by Gasteiger charge is -2.26. The van der Waals surface area contributed by atoms with Crippen molar-refractivity contribution in [3.8, 4) is 40.6 Å². The van der Waals surface area contributed by atoms with E-state index < -0.39 is 80.8 Å². The number of aromatic nitrogens is 1. The Balaban J connectivity index is 1.10.